The zero-order valence-electron chi connectivity index (χ0n) is 28.2. The van der Waals surface area contributed by atoms with Crippen LogP contribution in [0.5, 0.6) is 0 Å². The van der Waals surface area contributed by atoms with Gasteiger partial charge in [-0.2, -0.15) is 0 Å². The molecule has 1 heterocycles. The molecule has 2 rings (SSSR count). The molecule has 0 aliphatic rings. The van der Waals surface area contributed by atoms with E-state index in [4.69, 9.17) is 18.3 Å². The molecule has 0 bridgehead atoms. The summed E-state index contributed by atoms with van der Waals surface area (Å²) in [7, 11) is 4.48. The average molecular weight is 720 g/mol. The highest BCUT2D eigenvalue weighted by Crippen LogP contribution is 2.49. The van der Waals surface area contributed by atoms with Crippen LogP contribution < -0.4 is 0 Å². The summed E-state index contributed by atoms with van der Waals surface area (Å²) in [6.07, 6.45) is 22.8. The number of para-hydroxylation sites is 1. The van der Waals surface area contributed by atoms with Gasteiger partial charge in [-0.25, -0.2) is 4.98 Å². The van der Waals surface area contributed by atoms with Crippen LogP contribution in [0, 0.1) is 0 Å². The van der Waals surface area contributed by atoms with Crippen LogP contribution in [0.4, 0.5) is 0 Å². The summed E-state index contributed by atoms with van der Waals surface area (Å²) in [4.78, 5) is 4.77. The smallest absolute Gasteiger partial charge is 0.373 e. The number of hydrogen-bond donors (Lipinski definition) is 0. The van der Waals surface area contributed by atoms with Crippen LogP contribution in [-0.2, 0) is 13.3 Å². The van der Waals surface area contributed by atoms with Gasteiger partial charge in [-0.1, -0.05) is 147 Å². The number of nitrogens with zero attached hydrogens (tertiary/aromatic N) is 1. The van der Waals surface area contributed by atoms with Gasteiger partial charge in [-0.15, -0.1) is 11.3 Å². The predicted octanol–water partition coefficient (Wildman–Crippen LogP) is 13.8. The molecule has 0 saturated heterocycles. The van der Waals surface area contributed by atoms with E-state index in [9.17, 15) is 0 Å². The Hall–Kier alpha value is 0.607. The second kappa shape index (κ2) is 27.5. The van der Waals surface area contributed by atoms with Crippen molar-refractivity contribution in [2.24, 2.45) is 0 Å². The van der Waals surface area contributed by atoms with Crippen molar-refractivity contribution in [3.8, 4) is 0 Å². The molecule has 1 aromatic heterocycles. The molecular weight excluding hydrogens is 659 g/mol. The largest absolute Gasteiger partial charge is 0.504 e. The Balaban J connectivity index is 1.92. The SMILES string of the molecule is CCCCCCCCO[Si](OCCCCCCCC)(OCCCCCCCC)C(C)CSSSSc1nc2ccccc2s1. The maximum absolute atomic E-state index is 6.80. The lowest BCUT2D eigenvalue weighted by molar-refractivity contribution is 0.0490. The molecule has 0 spiro atoms. The molecule has 0 aliphatic heterocycles. The molecule has 1 atom stereocenters. The summed E-state index contributed by atoms with van der Waals surface area (Å²) < 4.78 is 22.8. The van der Waals surface area contributed by atoms with Crippen molar-refractivity contribution in [2.75, 3.05) is 25.6 Å². The molecule has 2 aromatic rings. The summed E-state index contributed by atoms with van der Waals surface area (Å²) in [5.41, 5.74) is 1.35. The number of thiazole rings is 1. The second-order valence-electron chi connectivity index (χ2n) is 11.8. The lowest BCUT2D eigenvalue weighted by Crippen LogP contribution is -2.51. The molecule has 0 saturated carbocycles. The standard InChI is InChI=1S/C34H61NO3S5Si/c1-5-8-11-14-17-22-27-36-44(37-28-23-18-15-12-9-6-2,38-29-24-19-16-13-10-7-3)31(4)30-39-42-43-41-34-35-32-25-20-21-26-33(32)40-34/h20-21,25-26,31H,5-19,22-24,27-30H2,1-4H3. The molecule has 1 unspecified atom stereocenters. The number of hydrogen-bond acceptors (Lipinski definition) is 9. The fourth-order valence-electron chi connectivity index (χ4n) is 5.02. The third kappa shape index (κ3) is 18.2. The van der Waals surface area contributed by atoms with Gasteiger partial charge in [0.25, 0.3) is 0 Å². The molecule has 0 amide bonds. The Morgan fingerprint density at radius 3 is 1.64 bits per heavy atom. The fraction of sp³-hybridized carbons (Fsp3) is 0.794. The highest BCUT2D eigenvalue weighted by molar-refractivity contribution is 9.26. The Labute approximate surface area is 291 Å². The van der Waals surface area contributed by atoms with Crippen molar-refractivity contribution in [1.82, 2.24) is 4.98 Å². The zero-order valence-corrected chi connectivity index (χ0v) is 33.2. The van der Waals surface area contributed by atoms with Gasteiger partial charge >= 0.3 is 8.80 Å². The Bertz CT molecular complexity index is 859. The molecule has 0 aliphatic carbocycles. The predicted molar refractivity (Wildman–Crippen MR) is 206 cm³/mol. The van der Waals surface area contributed by atoms with E-state index in [-0.39, 0.29) is 5.54 Å². The lowest BCUT2D eigenvalue weighted by Gasteiger charge is -2.34. The summed E-state index contributed by atoms with van der Waals surface area (Å²) in [6, 6.07) is 8.39. The van der Waals surface area contributed by atoms with Crippen LogP contribution in [-0.4, -0.2) is 39.4 Å². The number of fused-ring (bicyclic) bond motifs is 1. The minimum Gasteiger partial charge on any atom is -0.373 e. The van der Waals surface area contributed by atoms with Crippen LogP contribution in [0.3, 0.4) is 0 Å². The quantitative estimate of drug-likeness (QED) is 0.0433. The van der Waals surface area contributed by atoms with Crippen molar-refractivity contribution in [3.05, 3.63) is 24.3 Å². The van der Waals surface area contributed by atoms with Crippen LogP contribution in [0.1, 0.15) is 143 Å². The number of aromatic nitrogens is 1. The molecule has 10 heteroatoms. The minimum absolute atomic E-state index is 0.258. The van der Waals surface area contributed by atoms with Crippen molar-refractivity contribution >= 4 is 71.6 Å². The van der Waals surface area contributed by atoms with E-state index in [0.717, 1.165) is 54.7 Å². The first-order chi connectivity index (χ1) is 21.6. The number of unbranched alkanes of at least 4 members (excludes halogenated alkanes) is 15. The Morgan fingerprint density at radius 2 is 1.14 bits per heavy atom. The van der Waals surface area contributed by atoms with Gasteiger partial charge in [0.15, 0.2) is 4.34 Å². The van der Waals surface area contributed by atoms with E-state index >= 15 is 0 Å². The molecule has 4 nitrogen and oxygen atoms in total. The van der Waals surface area contributed by atoms with E-state index in [2.05, 4.69) is 52.0 Å². The maximum atomic E-state index is 6.80. The number of rotatable bonds is 31. The molecule has 44 heavy (non-hydrogen) atoms. The topological polar surface area (TPSA) is 40.6 Å². The molecule has 0 N–H and O–H groups in total. The van der Waals surface area contributed by atoms with Crippen molar-refractivity contribution in [3.63, 3.8) is 0 Å². The summed E-state index contributed by atoms with van der Waals surface area (Å²) >= 11 is 1.77. The van der Waals surface area contributed by atoms with E-state index in [1.54, 1.807) is 32.0 Å². The zero-order chi connectivity index (χ0) is 31.6. The van der Waals surface area contributed by atoms with E-state index in [0.29, 0.717) is 0 Å². The van der Waals surface area contributed by atoms with Gasteiger partial charge in [0, 0.05) is 31.1 Å². The van der Waals surface area contributed by atoms with Crippen LogP contribution in [0.15, 0.2) is 28.6 Å². The first kappa shape index (κ1) is 40.8. The molecule has 0 radical (unpaired) electrons. The van der Waals surface area contributed by atoms with Crippen molar-refractivity contribution in [1.29, 1.82) is 0 Å². The monoisotopic (exact) mass is 719 g/mol. The summed E-state index contributed by atoms with van der Waals surface area (Å²) in [5, 5.41) is 0. The average Bonchev–Trinajstić information content (AvgIpc) is 3.45. The highest BCUT2D eigenvalue weighted by atomic mass is 33.7. The van der Waals surface area contributed by atoms with Crippen molar-refractivity contribution in [2.45, 2.75) is 153 Å². The van der Waals surface area contributed by atoms with Gasteiger partial charge in [0.2, 0.25) is 0 Å². The third-order valence-electron chi connectivity index (χ3n) is 7.78. The molecule has 1 aromatic carbocycles. The first-order valence-electron chi connectivity index (χ1n) is 17.5. The Kier molecular flexibility index (Phi) is 25.5. The van der Waals surface area contributed by atoms with Gasteiger partial charge in [-0.05, 0) is 61.8 Å². The second-order valence-corrected chi connectivity index (χ2v) is 22.0. The van der Waals surface area contributed by atoms with E-state index < -0.39 is 8.80 Å². The summed E-state index contributed by atoms with van der Waals surface area (Å²) in [6.45, 7) is 11.4. The number of benzene rings is 1. The van der Waals surface area contributed by atoms with Crippen molar-refractivity contribution < 1.29 is 13.3 Å². The van der Waals surface area contributed by atoms with Crippen LogP contribution >= 0.6 is 52.6 Å². The minimum atomic E-state index is -2.83. The van der Waals surface area contributed by atoms with Gasteiger partial charge in [0.05, 0.1) is 10.2 Å². The van der Waals surface area contributed by atoms with Gasteiger partial charge in [0.1, 0.15) is 0 Å². The molecule has 0 fully saturated rings. The van der Waals surface area contributed by atoms with Gasteiger partial charge < -0.3 is 13.3 Å². The van der Waals surface area contributed by atoms with Crippen LogP contribution in [0.2, 0.25) is 5.54 Å². The normalized spacial score (nSPS) is 12.8. The first-order valence-corrected chi connectivity index (χ1v) is 25.2. The highest BCUT2D eigenvalue weighted by Gasteiger charge is 2.47. The van der Waals surface area contributed by atoms with Crippen LogP contribution in [0.25, 0.3) is 10.2 Å². The van der Waals surface area contributed by atoms with E-state index in [1.807, 2.05) is 20.6 Å². The fourth-order valence-corrected chi connectivity index (χ4v) is 16.2. The molecular formula is C34H61NO3S5Si. The van der Waals surface area contributed by atoms with E-state index in [1.165, 1.54) is 101 Å². The Morgan fingerprint density at radius 1 is 0.659 bits per heavy atom. The summed E-state index contributed by atoms with van der Waals surface area (Å²) in [5.74, 6) is 0.966. The molecule has 254 valence electrons. The van der Waals surface area contributed by atoms with Gasteiger partial charge in [-0.3, -0.25) is 0 Å². The maximum Gasteiger partial charge on any atom is 0.504 e. The third-order valence-corrected chi connectivity index (χ3v) is 19.1. The lowest BCUT2D eigenvalue weighted by atomic mass is 10.1.